The highest BCUT2D eigenvalue weighted by Gasteiger charge is 2.57. The molecule has 6 heteroatoms. The van der Waals surface area contributed by atoms with Crippen LogP contribution in [0.5, 0.6) is 0 Å². The topological polar surface area (TPSA) is 67.2 Å². The number of hydrogen-bond acceptors (Lipinski definition) is 3. The van der Waals surface area contributed by atoms with Crippen molar-refractivity contribution in [3.63, 3.8) is 0 Å². The summed E-state index contributed by atoms with van der Waals surface area (Å²) < 4.78 is 1.76. The third-order valence-electron chi connectivity index (χ3n) is 6.53. The van der Waals surface area contributed by atoms with Gasteiger partial charge in [-0.05, 0) is 48.6 Å². The molecule has 0 fully saturated rings. The van der Waals surface area contributed by atoms with E-state index >= 15 is 0 Å². The van der Waals surface area contributed by atoms with Gasteiger partial charge in [-0.1, -0.05) is 44.2 Å². The van der Waals surface area contributed by atoms with Gasteiger partial charge in [0.25, 0.3) is 0 Å². The van der Waals surface area contributed by atoms with Crippen molar-refractivity contribution >= 4 is 23.3 Å². The van der Waals surface area contributed by atoms with Crippen LogP contribution in [0, 0.1) is 19.8 Å². The standard InChI is InChI=1S/C25H26N4O2/c1-15(2)14-28-21-10-6-5-9-18(21)25(24(28)31)12-22(30)27-23-19(25)13-26-29(23)20-11-7-8-16(3)17(20)4/h5-11,13,15H,12,14H2,1-4H3,(H,27,30)/t25-/m1/s1. The molecular weight excluding hydrogens is 388 g/mol. The molecule has 2 aliphatic heterocycles. The predicted octanol–water partition coefficient (Wildman–Crippen LogP) is 4.12. The summed E-state index contributed by atoms with van der Waals surface area (Å²) in [5, 5.41) is 7.65. The fourth-order valence-corrected chi connectivity index (χ4v) is 4.94. The first-order chi connectivity index (χ1) is 14.8. The Labute approximate surface area is 181 Å². The van der Waals surface area contributed by atoms with Gasteiger partial charge in [0.2, 0.25) is 11.8 Å². The summed E-state index contributed by atoms with van der Waals surface area (Å²) >= 11 is 0. The first-order valence-corrected chi connectivity index (χ1v) is 10.7. The minimum atomic E-state index is -1.04. The highest BCUT2D eigenvalue weighted by Crippen LogP contribution is 2.52. The Morgan fingerprint density at radius 2 is 1.77 bits per heavy atom. The molecule has 1 atom stereocenters. The third kappa shape index (κ3) is 2.67. The summed E-state index contributed by atoms with van der Waals surface area (Å²) in [5.41, 5.74) is 4.62. The van der Waals surface area contributed by atoms with Crippen LogP contribution in [0.1, 0.15) is 42.5 Å². The molecule has 3 heterocycles. The molecule has 6 nitrogen and oxygen atoms in total. The Morgan fingerprint density at radius 1 is 1.03 bits per heavy atom. The Bertz CT molecular complexity index is 1230. The average Bonchev–Trinajstić information content (AvgIpc) is 3.24. The molecule has 1 N–H and O–H groups in total. The zero-order valence-electron chi connectivity index (χ0n) is 18.3. The fraction of sp³-hybridized carbons (Fsp3) is 0.320. The lowest BCUT2D eigenvalue weighted by molar-refractivity contribution is -0.126. The SMILES string of the molecule is Cc1cccc(-n2ncc3c2NC(=O)C[C@]32C(=O)N(CC(C)C)c3ccccc32)c1C. The summed E-state index contributed by atoms with van der Waals surface area (Å²) in [6.45, 7) is 8.89. The van der Waals surface area contributed by atoms with E-state index in [0.717, 1.165) is 33.6 Å². The molecule has 5 rings (SSSR count). The third-order valence-corrected chi connectivity index (χ3v) is 6.53. The lowest BCUT2D eigenvalue weighted by Gasteiger charge is -2.33. The van der Waals surface area contributed by atoms with Crippen LogP contribution >= 0.6 is 0 Å². The normalized spacial score (nSPS) is 19.7. The fourth-order valence-electron chi connectivity index (χ4n) is 4.94. The van der Waals surface area contributed by atoms with Crippen LogP contribution in [0.2, 0.25) is 0 Å². The molecule has 1 aromatic heterocycles. The van der Waals surface area contributed by atoms with Gasteiger partial charge in [0.05, 0.1) is 11.9 Å². The molecule has 2 aliphatic rings. The molecule has 31 heavy (non-hydrogen) atoms. The molecular formula is C25H26N4O2. The molecule has 0 radical (unpaired) electrons. The number of aromatic nitrogens is 2. The summed E-state index contributed by atoms with van der Waals surface area (Å²) in [6.07, 6.45) is 1.84. The van der Waals surface area contributed by atoms with E-state index < -0.39 is 5.41 Å². The van der Waals surface area contributed by atoms with Gasteiger partial charge < -0.3 is 10.2 Å². The molecule has 0 bridgehead atoms. The Morgan fingerprint density at radius 3 is 2.55 bits per heavy atom. The predicted molar refractivity (Wildman–Crippen MR) is 121 cm³/mol. The van der Waals surface area contributed by atoms with Gasteiger partial charge in [0.1, 0.15) is 11.2 Å². The maximum Gasteiger partial charge on any atom is 0.242 e. The Balaban J connectivity index is 1.75. The van der Waals surface area contributed by atoms with Crippen molar-refractivity contribution in [3.05, 3.63) is 70.9 Å². The number of aryl methyl sites for hydroxylation is 1. The number of anilines is 2. The Hall–Kier alpha value is -3.41. The smallest absolute Gasteiger partial charge is 0.242 e. The van der Waals surface area contributed by atoms with Gasteiger partial charge in [-0.2, -0.15) is 5.10 Å². The van der Waals surface area contributed by atoms with Crippen LogP contribution in [0.25, 0.3) is 5.69 Å². The number of rotatable bonds is 3. The lowest BCUT2D eigenvalue weighted by Crippen LogP contribution is -2.47. The zero-order valence-corrected chi connectivity index (χ0v) is 18.3. The van der Waals surface area contributed by atoms with Crippen molar-refractivity contribution in [2.24, 2.45) is 5.92 Å². The summed E-state index contributed by atoms with van der Waals surface area (Å²) in [4.78, 5) is 28.8. The zero-order chi connectivity index (χ0) is 21.9. The quantitative estimate of drug-likeness (QED) is 0.701. The van der Waals surface area contributed by atoms with E-state index in [2.05, 4.69) is 37.3 Å². The van der Waals surface area contributed by atoms with E-state index in [1.165, 1.54) is 0 Å². The van der Waals surface area contributed by atoms with E-state index in [4.69, 9.17) is 0 Å². The van der Waals surface area contributed by atoms with Gasteiger partial charge in [-0.25, -0.2) is 4.68 Å². The molecule has 0 saturated carbocycles. The molecule has 158 valence electrons. The van der Waals surface area contributed by atoms with Crippen molar-refractivity contribution in [1.29, 1.82) is 0 Å². The highest BCUT2D eigenvalue weighted by atomic mass is 16.2. The van der Waals surface area contributed by atoms with Crippen molar-refractivity contribution in [1.82, 2.24) is 9.78 Å². The first kappa shape index (κ1) is 19.5. The molecule has 3 aromatic rings. The minimum Gasteiger partial charge on any atom is -0.311 e. The van der Waals surface area contributed by atoms with Crippen LogP contribution in [-0.2, 0) is 15.0 Å². The number of carbonyl (C=O) groups excluding carboxylic acids is 2. The van der Waals surface area contributed by atoms with E-state index in [9.17, 15) is 9.59 Å². The number of nitrogens with one attached hydrogen (secondary N) is 1. The first-order valence-electron chi connectivity index (χ1n) is 10.7. The van der Waals surface area contributed by atoms with Crippen LogP contribution in [0.3, 0.4) is 0 Å². The van der Waals surface area contributed by atoms with Gasteiger partial charge in [-0.15, -0.1) is 0 Å². The summed E-state index contributed by atoms with van der Waals surface area (Å²) in [5.74, 6) is 0.675. The summed E-state index contributed by atoms with van der Waals surface area (Å²) in [7, 11) is 0. The van der Waals surface area contributed by atoms with Gasteiger partial charge in [0.15, 0.2) is 0 Å². The number of nitrogens with zero attached hydrogens (tertiary/aromatic N) is 3. The number of fused-ring (bicyclic) bond motifs is 4. The number of hydrogen-bond donors (Lipinski definition) is 1. The second kappa shape index (κ2) is 6.80. The van der Waals surface area contributed by atoms with Crippen molar-refractivity contribution in [2.45, 2.75) is 39.5 Å². The Kier molecular flexibility index (Phi) is 4.29. The van der Waals surface area contributed by atoms with E-state index in [1.807, 2.05) is 48.2 Å². The van der Waals surface area contributed by atoms with Gasteiger partial charge >= 0.3 is 0 Å². The summed E-state index contributed by atoms with van der Waals surface area (Å²) in [6, 6.07) is 13.9. The largest absolute Gasteiger partial charge is 0.311 e. The van der Waals surface area contributed by atoms with Crippen LogP contribution < -0.4 is 10.2 Å². The second-order valence-corrected chi connectivity index (χ2v) is 8.99. The maximum atomic E-state index is 14.0. The van der Waals surface area contributed by atoms with E-state index in [-0.39, 0.29) is 18.2 Å². The molecule has 0 saturated heterocycles. The number of benzene rings is 2. The lowest BCUT2D eigenvalue weighted by atomic mass is 9.72. The molecule has 0 unspecified atom stereocenters. The molecule has 0 aliphatic carbocycles. The minimum absolute atomic E-state index is 0.0426. The molecule has 2 aromatic carbocycles. The number of carbonyl (C=O) groups is 2. The number of para-hydroxylation sites is 1. The van der Waals surface area contributed by atoms with Gasteiger partial charge in [0, 0.05) is 24.2 Å². The van der Waals surface area contributed by atoms with Crippen molar-refractivity contribution < 1.29 is 9.59 Å². The molecule has 1 spiro atoms. The van der Waals surface area contributed by atoms with Crippen LogP contribution in [0.15, 0.2) is 48.7 Å². The van der Waals surface area contributed by atoms with Crippen molar-refractivity contribution in [3.8, 4) is 5.69 Å². The maximum absolute atomic E-state index is 14.0. The monoisotopic (exact) mass is 414 g/mol. The highest BCUT2D eigenvalue weighted by molar-refractivity contribution is 6.15. The van der Waals surface area contributed by atoms with Crippen molar-refractivity contribution in [2.75, 3.05) is 16.8 Å². The molecule has 2 amide bonds. The number of amides is 2. The van der Waals surface area contributed by atoms with E-state index in [0.29, 0.717) is 18.3 Å². The van der Waals surface area contributed by atoms with Gasteiger partial charge in [-0.3, -0.25) is 9.59 Å². The van der Waals surface area contributed by atoms with Crippen LogP contribution in [0.4, 0.5) is 11.5 Å². The second-order valence-electron chi connectivity index (χ2n) is 8.99. The average molecular weight is 415 g/mol. The van der Waals surface area contributed by atoms with E-state index in [1.54, 1.807) is 10.9 Å². The van der Waals surface area contributed by atoms with Crippen LogP contribution in [-0.4, -0.2) is 28.1 Å².